The van der Waals surface area contributed by atoms with E-state index in [-0.39, 0.29) is 23.5 Å². The summed E-state index contributed by atoms with van der Waals surface area (Å²) in [6.07, 6.45) is 1.26. The van der Waals surface area contributed by atoms with Crippen molar-refractivity contribution in [2.24, 2.45) is 0 Å². The zero-order valence-corrected chi connectivity index (χ0v) is 14.7. The molecule has 0 unspecified atom stereocenters. The van der Waals surface area contributed by atoms with Crippen molar-refractivity contribution in [1.82, 2.24) is 9.55 Å². The van der Waals surface area contributed by atoms with E-state index in [0.717, 1.165) is 4.57 Å². The number of nitro groups is 1. The summed E-state index contributed by atoms with van der Waals surface area (Å²) in [4.78, 5) is 39.8. The van der Waals surface area contributed by atoms with E-state index in [1.54, 1.807) is 31.2 Å². The lowest BCUT2D eigenvalue weighted by Crippen LogP contribution is -2.27. The fraction of sp³-hybridized carbons (Fsp3) is 0.105. The second-order valence-corrected chi connectivity index (χ2v) is 6.28. The van der Waals surface area contributed by atoms with Crippen molar-refractivity contribution in [2.45, 2.75) is 13.5 Å². The lowest BCUT2D eigenvalue weighted by atomic mass is 10.2. The van der Waals surface area contributed by atoms with E-state index < -0.39 is 16.4 Å². The molecule has 0 spiro atoms. The Hall–Kier alpha value is -4.01. The molecule has 9 heteroatoms. The molecule has 2 aromatic carbocycles. The van der Waals surface area contributed by atoms with Crippen molar-refractivity contribution in [3.8, 4) is 0 Å². The maximum absolute atomic E-state index is 12.6. The number of hydrogen-bond donors (Lipinski definition) is 1. The van der Waals surface area contributed by atoms with Crippen molar-refractivity contribution in [3.05, 3.63) is 74.8 Å². The summed E-state index contributed by atoms with van der Waals surface area (Å²) in [5, 5.41) is 14.4. The van der Waals surface area contributed by atoms with Gasteiger partial charge in [-0.2, -0.15) is 0 Å². The highest BCUT2D eigenvalue weighted by atomic mass is 16.6. The number of carbonyl (C=O) groups is 1. The second kappa shape index (κ2) is 6.62. The Morgan fingerprint density at radius 1 is 1.29 bits per heavy atom. The summed E-state index contributed by atoms with van der Waals surface area (Å²) in [6.45, 7) is 1.36. The molecule has 0 aliphatic carbocycles. The molecule has 0 saturated carbocycles. The standard InChI is InChI=1S/C19H14N4O5/c1-11-6-7-13(14(8-11)23(26)27)21-16(24)9-22-10-20-17-12-4-2-3-5-15(12)28-18(17)19(22)25/h2-8,10H,9H2,1H3,(H,21,24). The van der Waals surface area contributed by atoms with Gasteiger partial charge in [0.25, 0.3) is 11.2 Å². The van der Waals surface area contributed by atoms with E-state index in [1.807, 2.05) is 6.07 Å². The van der Waals surface area contributed by atoms with Gasteiger partial charge in [-0.05, 0) is 30.7 Å². The number of carbonyl (C=O) groups excluding carboxylic acids is 1. The lowest BCUT2D eigenvalue weighted by Gasteiger charge is -2.08. The van der Waals surface area contributed by atoms with Crippen LogP contribution in [0.2, 0.25) is 0 Å². The fourth-order valence-electron chi connectivity index (χ4n) is 2.97. The molecule has 140 valence electrons. The average Bonchev–Trinajstić information content (AvgIpc) is 3.05. The number of amides is 1. The lowest BCUT2D eigenvalue weighted by molar-refractivity contribution is -0.384. The molecule has 1 amide bonds. The van der Waals surface area contributed by atoms with E-state index >= 15 is 0 Å². The molecule has 2 heterocycles. The zero-order valence-electron chi connectivity index (χ0n) is 14.7. The second-order valence-electron chi connectivity index (χ2n) is 6.28. The first-order valence-corrected chi connectivity index (χ1v) is 8.35. The maximum Gasteiger partial charge on any atom is 0.297 e. The summed E-state index contributed by atoms with van der Waals surface area (Å²) >= 11 is 0. The molecule has 0 saturated heterocycles. The number of aromatic nitrogens is 2. The smallest absolute Gasteiger partial charge is 0.297 e. The first-order chi connectivity index (χ1) is 13.4. The van der Waals surface area contributed by atoms with Crippen LogP contribution in [-0.4, -0.2) is 20.4 Å². The van der Waals surface area contributed by atoms with Crippen LogP contribution in [0, 0.1) is 17.0 Å². The topological polar surface area (TPSA) is 120 Å². The molecule has 0 aliphatic rings. The van der Waals surface area contributed by atoms with E-state index in [1.165, 1.54) is 18.5 Å². The van der Waals surface area contributed by atoms with Crippen LogP contribution in [0.5, 0.6) is 0 Å². The molecule has 0 fully saturated rings. The van der Waals surface area contributed by atoms with Crippen molar-refractivity contribution < 1.29 is 14.1 Å². The Morgan fingerprint density at radius 2 is 2.07 bits per heavy atom. The summed E-state index contributed by atoms with van der Waals surface area (Å²) in [7, 11) is 0. The number of anilines is 1. The highest BCUT2D eigenvalue weighted by Crippen LogP contribution is 2.26. The largest absolute Gasteiger partial charge is 0.448 e. The van der Waals surface area contributed by atoms with E-state index in [0.29, 0.717) is 22.0 Å². The van der Waals surface area contributed by atoms with Crippen molar-refractivity contribution >= 4 is 39.4 Å². The highest BCUT2D eigenvalue weighted by Gasteiger charge is 2.18. The Balaban J connectivity index is 1.64. The number of fused-ring (bicyclic) bond motifs is 3. The van der Waals surface area contributed by atoms with Crippen LogP contribution in [0.25, 0.3) is 22.1 Å². The Morgan fingerprint density at radius 3 is 2.86 bits per heavy atom. The van der Waals surface area contributed by atoms with E-state index in [2.05, 4.69) is 10.3 Å². The molecule has 28 heavy (non-hydrogen) atoms. The zero-order chi connectivity index (χ0) is 19.8. The van der Waals surface area contributed by atoms with Gasteiger partial charge in [-0.3, -0.25) is 24.3 Å². The normalized spacial score (nSPS) is 11.0. The Labute approximate surface area is 157 Å². The minimum Gasteiger partial charge on any atom is -0.448 e. The van der Waals surface area contributed by atoms with Crippen LogP contribution in [0.4, 0.5) is 11.4 Å². The molecule has 4 aromatic rings. The highest BCUT2D eigenvalue weighted by molar-refractivity contribution is 6.01. The Kier molecular flexibility index (Phi) is 4.11. The van der Waals surface area contributed by atoms with Gasteiger partial charge >= 0.3 is 0 Å². The quantitative estimate of drug-likeness (QED) is 0.430. The summed E-state index contributed by atoms with van der Waals surface area (Å²) < 4.78 is 6.67. The van der Waals surface area contributed by atoms with Gasteiger partial charge in [0.1, 0.15) is 23.3 Å². The van der Waals surface area contributed by atoms with Gasteiger partial charge in [-0.25, -0.2) is 4.98 Å². The van der Waals surface area contributed by atoms with Crippen LogP contribution < -0.4 is 10.9 Å². The predicted molar refractivity (Wildman–Crippen MR) is 102 cm³/mol. The first kappa shape index (κ1) is 17.4. The molecule has 2 aromatic heterocycles. The molecule has 1 N–H and O–H groups in total. The molecule has 0 atom stereocenters. The molecular weight excluding hydrogens is 364 g/mol. The van der Waals surface area contributed by atoms with Crippen LogP contribution in [-0.2, 0) is 11.3 Å². The predicted octanol–water partition coefficient (Wildman–Crippen LogP) is 3.00. The molecule has 9 nitrogen and oxygen atoms in total. The van der Waals surface area contributed by atoms with Gasteiger partial charge < -0.3 is 9.73 Å². The third-order valence-electron chi connectivity index (χ3n) is 4.29. The van der Waals surface area contributed by atoms with E-state index in [4.69, 9.17) is 4.42 Å². The fourth-order valence-corrected chi connectivity index (χ4v) is 2.97. The van der Waals surface area contributed by atoms with Crippen molar-refractivity contribution in [2.75, 3.05) is 5.32 Å². The third-order valence-corrected chi connectivity index (χ3v) is 4.29. The number of benzene rings is 2. The van der Waals surface area contributed by atoms with Gasteiger partial charge in [-0.15, -0.1) is 0 Å². The minimum atomic E-state index is -0.591. The number of nitrogens with one attached hydrogen (secondary N) is 1. The third kappa shape index (κ3) is 2.98. The van der Waals surface area contributed by atoms with Crippen molar-refractivity contribution in [1.29, 1.82) is 0 Å². The number of rotatable bonds is 4. The molecule has 0 radical (unpaired) electrons. The summed E-state index contributed by atoms with van der Waals surface area (Å²) in [5.74, 6) is -0.591. The number of nitro benzene ring substituents is 1. The monoisotopic (exact) mass is 378 g/mol. The molecular formula is C19H14N4O5. The van der Waals surface area contributed by atoms with Crippen LogP contribution >= 0.6 is 0 Å². The van der Waals surface area contributed by atoms with Gasteiger partial charge in [0.15, 0.2) is 0 Å². The van der Waals surface area contributed by atoms with Crippen LogP contribution in [0.1, 0.15) is 5.56 Å². The molecule has 4 rings (SSSR count). The van der Waals surface area contributed by atoms with Crippen LogP contribution in [0.3, 0.4) is 0 Å². The van der Waals surface area contributed by atoms with Gasteiger partial charge in [-0.1, -0.05) is 18.2 Å². The number of para-hydroxylation sites is 1. The summed E-state index contributed by atoms with van der Waals surface area (Å²) in [6, 6.07) is 11.6. The van der Waals surface area contributed by atoms with Gasteiger partial charge in [0, 0.05) is 11.5 Å². The van der Waals surface area contributed by atoms with Crippen molar-refractivity contribution in [3.63, 3.8) is 0 Å². The maximum atomic E-state index is 12.6. The number of furan rings is 1. The van der Waals surface area contributed by atoms with E-state index in [9.17, 15) is 19.7 Å². The van der Waals surface area contributed by atoms with Crippen LogP contribution in [0.15, 0.2) is 58.0 Å². The minimum absolute atomic E-state index is 0.0535. The van der Waals surface area contributed by atoms with Gasteiger partial charge in [0.05, 0.1) is 11.3 Å². The number of aryl methyl sites for hydroxylation is 1. The number of hydrogen-bond acceptors (Lipinski definition) is 6. The first-order valence-electron chi connectivity index (χ1n) is 8.35. The molecule has 0 aliphatic heterocycles. The Bertz CT molecular complexity index is 1300. The molecule has 0 bridgehead atoms. The average molecular weight is 378 g/mol. The van der Waals surface area contributed by atoms with Gasteiger partial charge in [0.2, 0.25) is 11.5 Å². The number of nitrogens with zero attached hydrogens (tertiary/aromatic N) is 3. The SMILES string of the molecule is Cc1ccc(NC(=O)Cn2cnc3c(oc4ccccc43)c2=O)c([N+](=O)[O-])c1. The summed E-state index contributed by atoms with van der Waals surface area (Å²) in [5.41, 5.74) is 1.04.